The molecular weight excluding hydrogens is 383 g/mol. The number of aromatic nitrogens is 2. The van der Waals surface area contributed by atoms with E-state index in [1.807, 2.05) is 17.5 Å². The summed E-state index contributed by atoms with van der Waals surface area (Å²) in [5, 5.41) is 3.02. The molecule has 0 aliphatic carbocycles. The average Bonchev–Trinajstić information content (AvgIpc) is 3.32. The molecule has 4 aromatic rings. The van der Waals surface area contributed by atoms with Crippen LogP contribution in [0.1, 0.15) is 5.56 Å². The van der Waals surface area contributed by atoms with Crippen LogP contribution in [0.25, 0.3) is 21.5 Å². The summed E-state index contributed by atoms with van der Waals surface area (Å²) in [6.07, 6.45) is 3.25. The molecule has 1 aromatic carbocycles. The first-order valence-electron chi connectivity index (χ1n) is 8.21. The van der Waals surface area contributed by atoms with E-state index in [-0.39, 0.29) is 11.4 Å². The van der Waals surface area contributed by atoms with Gasteiger partial charge >= 0.3 is 0 Å². The maximum atomic E-state index is 13.4. The molecule has 0 atom stereocenters. The minimum Gasteiger partial charge on any atom is -0.464 e. The van der Waals surface area contributed by atoms with Gasteiger partial charge in [-0.05, 0) is 29.8 Å². The smallest absolute Gasteiger partial charge is 0.263 e. The van der Waals surface area contributed by atoms with Crippen molar-refractivity contribution in [3.63, 3.8) is 0 Å². The van der Waals surface area contributed by atoms with Gasteiger partial charge in [0.25, 0.3) is 5.56 Å². The molecule has 0 unspecified atom stereocenters. The first-order valence-corrected chi connectivity index (χ1v) is 10.1. The van der Waals surface area contributed by atoms with Crippen LogP contribution in [0.2, 0.25) is 0 Å². The second-order valence-electron chi connectivity index (χ2n) is 5.82. The molecule has 3 heterocycles. The molecule has 27 heavy (non-hydrogen) atoms. The van der Waals surface area contributed by atoms with Gasteiger partial charge in [-0.2, -0.15) is 0 Å². The Morgan fingerprint density at radius 2 is 2.22 bits per heavy atom. The van der Waals surface area contributed by atoms with Crippen LogP contribution < -0.4 is 5.56 Å². The molecule has 0 bridgehead atoms. The molecule has 4 rings (SSSR count). The van der Waals surface area contributed by atoms with E-state index in [2.05, 4.69) is 11.6 Å². The summed E-state index contributed by atoms with van der Waals surface area (Å²) in [4.78, 5) is 18.5. The standard InChI is InChI=1S/C20H15FN2O2S2/c1-2-8-23-19(24)17-15(16-7-4-9-25-16)12-26-18(17)22-20(23)27-11-13-5-3-6-14(21)10-13/h2-7,9-10,12H,1,8,11H2. The van der Waals surface area contributed by atoms with Crippen LogP contribution in [-0.4, -0.2) is 9.55 Å². The van der Waals surface area contributed by atoms with Crippen LogP contribution in [0, 0.1) is 5.82 Å². The Bertz CT molecular complexity index is 1160. The van der Waals surface area contributed by atoms with Gasteiger partial charge in [0.05, 0.1) is 11.6 Å². The number of halogens is 1. The van der Waals surface area contributed by atoms with Crippen molar-refractivity contribution in [2.24, 2.45) is 0 Å². The minimum atomic E-state index is -0.277. The second kappa shape index (κ2) is 7.54. The molecule has 0 aliphatic rings. The lowest BCUT2D eigenvalue weighted by Gasteiger charge is -2.10. The summed E-state index contributed by atoms with van der Waals surface area (Å²) >= 11 is 2.81. The number of allylic oxidation sites excluding steroid dienone is 1. The number of furan rings is 1. The Hall–Kier alpha value is -2.64. The van der Waals surface area contributed by atoms with E-state index in [1.54, 1.807) is 29.0 Å². The van der Waals surface area contributed by atoms with Gasteiger partial charge in [0.2, 0.25) is 0 Å². The first kappa shape index (κ1) is 17.8. The molecule has 0 saturated carbocycles. The summed E-state index contributed by atoms with van der Waals surface area (Å²) in [5.74, 6) is 0.885. The highest BCUT2D eigenvalue weighted by Crippen LogP contribution is 2.33. The van der Waals surface area contributed by atoms with Crippen molar-refractivity contribution in [3.8, 4) is 11.3 Å². The SMILES string of the molecule is C=CCn1c(SCc2cccc(F)c2)nc2scc(-c3ccco3)c2c1=O. The lowest BCUT2D eigenvalue weighted by atomic mass is 10.2. The fraction of sp³-hybridized carbons (Fsp3) is 0.100. The zero-order valence-corrected chi connectivity index (χ0v) is 15.9. The third-order valence-corrected chi connectivity index (χ3v) is 5.93. The minimum absolute atomic E-state index is 0.130. The third-order valence-electron chi connectivity index (χ3n) is 4.01. The number of hydrogen-bond donors (Lipinski definition) is 0. The molecule has 3 aromatic heterocycles. The van der Waals surface area contributed by atoms with E-state index in [1.165, 1.54) is 35.2 Å². The van der Waals surface area contributed by atoms with Crippen LogP contribution in [0.3, 0.4) is 0 Å². The van der Waals surface area contributed by atoms with Gasteiger partial charge in [-0.3, -0.25) is 9.36 Å². The highest BCUT2D eigenvalue weighted by atomic mass is 32.2. The zero-order valence-electron chi connectivity index (χ0n) is 14.2. The number of thioether (sulfide) groups is 1. The Kier molecular flexibility index (Phi) is 4.96. The second-order valence-corrected chi connectivity index (χ2v) is 7.62. The molecule has 0 radical (unpaired) electrons. The molecule has 0 amide bonds. The van der Waals surface area contributed by atoms with Crippen molar-refractivity contribution >= 4 is 33.3 Å². The molecular formula is C20H15FN2O2S2. The summed E-state index contributed by atoms with van der Waals surface area (Å²) in [6, 6.07) is 10.0. The molecule has 7 heteroatoms. The number of rotatable bonds is 6. The molecule has 0 saturated heterocycles. The Labute approximate surface area is 163 Å². The molecule has 0 fully saturated rings. The number of nitrogens with zero attached hydrogens (tertiary/aromatic N) is 2. The number of benzene rings is 1. The average molecular weight is 398 g/mol. The molecule has 4 nitrogen and oxygen atoms in total. The van der Waals surface area contributed by atoms with Crippen molar-refractivity contribution in [2.75, 3.05) is 0 Å². The summed E-state index contributed by atoms with van der Waals surface area (Å²) in [7, 11) is 0. The summed E-state index contributed by atoms with van der Waals surface area (Å²) < 4.78 is 20.5. The topological polar surface area (TPSA) is 48.0 Å². The zero-order chi connectivity index (χ0) is 18.8. The monoisotopic (exact) mass is 398 g/mol. The van der Waals surface area contributed by atoms with Gasteiger partial charge in [0.1, 0.15) is 16.4 Å². The van der Waals surface area contributed by atoms with Gasteiger partial charge in [-0.15, -0.1) is 17.9 Å². The van der Waals surface area contributed by atoms with Gasteiger partial charge in [0, 0.05) is 23.2 Å². The highest BCUT2D eigenvalue weighted by molar-refractivity contribution is 7.98. The van der Waals surface area contributed by atoms with E-state index in [9.17, 15) is 9.18 Å². The predicted octanol–water partition coefficient (Wildman–Crippen LogP) is 5.34. The fourth-order valence-electron chi connectivity index (χ4n) is 2.79. The van der Waals surface area contributed by atoms with Gasteiger partial charge in [0.15, 0.2) is 5.16 Å². The summed E-state index contributed by atoms with van der Waals surface area (Å²) in [6.45, 7) is 4.09. The number of thiophene rings is 1. The Morgan fingerprint density at radius 3 is 2.96 bits per heavy atom. The van der Waals surface area contributed by atoms with E-state index < -0.39 is 0 Å². The van der Waals surface area contributed by atoms with Crippen molar-refractivity contribution < 1.29 is 8.81 Å². The molecule has 0 aliphatic heterocycles. The molecule has 0 N–H and O–H groups in total. The largest absolute Gasteiger partial charge is 0.464 e. The lowest BCUT2D eigenvalue weighted by Crippen LogP contribution is -2.22. The Balaban J connectivity index is 1.77. The van der Waals surface area contributed by atoms with Gasteiger partial charge in [-0.1, -0.05) is 30.0 Å². The van der Waals surface area contributed by atoms with Crippen molar-refractivity contribution in [1.29, 1.82) is 0 Å². The molecule has 0 spiro atoms. The van der Waals surface area contributed by atoms with E-state index in [0.717, 1.165) is 11.1 Å². The van der Waals surface area contributed by atoms with Crippen LogP contribution in [0.4, 0.5) is 4.39 Å². The van der Waals surface area contributed by atoms with Crippen LogP contribution in [-0.2, 0) is 12.3 Å². The van der Waals surface area contributed by atoms with Crippen LogP contribution in [0.15, 0.2) is 75.1 Å². The molecule has 136 valence electrons. The predicted molar refractivity (Wildman–Crippen MR) is 108 cm³/mol. The highest BCUT2D eigenvalue weighted by Gasteiger charge is 2.18. The fourth-order valence-corrected chi connectivity index (χ4v) is 4.71. The van der Waals surface area contributed by atoms with Crippen LogP contribution in [0.5, 0.6) is 0 Å². The van der Waals surface area contributed by atoms with E-state index >= 15 is 0 Å². The lowest BCUT2D eigenvalue weighted by molar-refractivity contribution is 0.583. The van der Waals surface area contributed by atoms with E-state index in [0.29, 0.717) is 33.4 Å². The first-order chi connectivity index (χ1) is 13.2. The Morgan fingerprint density at radius 1 is 1.33 bits per heavy atom. The van der Waals surface area contributed by atoms with Gasteiger partial charge in [-0.25, -0.2) is 9.37 Å². The van der Waals surface area contributed by atoms with Crippen molar-refractivity contribution in [3.05, 3.63) is 82.4 Å². The van der Waals surface area contributed by atoms with Crippen molar-refractivity contribution in [2.45, 2.75) is 17.5 Å². The quantitative estimate of drug-likeness (QED) is 0.250. The van der Waals surface area contributed by atoms with Crippen LogP contribution >= 0.6 is 23.1 Å². The van der Waals surface area contributed by atoms with Gasteiger partial charge < -0.3 is 4.42 Å². The maximum absolute atomic E-state index is 13.4. The summed E-state index contributed by atoms with van der Waals surface area (Å²) in [5.41, 5.74) is 1.45. The number of hydrogen-bond acceptors (Lipinski definition) is 5. The van der Waals surface area contributed by atoms with Crippen molar-refractivity contribution in [1.82, 2.24) is 9.55 Å². The normalized spacial score (nSPS) is 11.1. The third kappa shape index (κ3) is 3.48. The maximum Gasteiger partial charge on any atom is 0.263 e. The number of fused-ring (bicyclic) bond motifs is 1. The van der Waals surface area contributed by atoms with E-state index in [4.69, 9.17) is 4.42 Å².